The Bertz CT molecular complexity index is 3550. The molecule has 0 aliphatic heterocycles. The van der Waals surface area contributed by atoms with Gasteiger partial charge in [-0.15, -0.1) is 26.4 Å². The van der Waals surface area contributed by atoms with Crippen molar-refractivity contribution in [2.75, 3.05) is 9.80 Å². The number of nitrogens with zero attached hydrogens (tertiary/aromatic N) is 2. The smallest absolute Gasteiger partial charge is 0.113 e. The molecule has 77 heavy (non-hydrogen) atoms. The molecule has 0 atom stereocenters. The molecule has 0 amide bonds. The average molecular weight is 1020 g/mol. The van der Waals surface area contributed by atoms with E-state index in [2.05, 4.69) is 252 Å². The Morgan fingerprint density at radius 3 is 1.17 bits per heavy atom. The maximum Gasteiger partial charge on any atom is 0.113 e. The van der Waals surface area contributed by atoms with Gasteiger partial charge in [0.25, 0.3) is 0 Å². The van der Waals surface area contributed by atoms with E-state index in [4.69, 9.17) is 50.8 Å². The molecule has 10 aromatic rings. The van der Waals surface area contributed by atoms with E-state index in [1.54, 1.807) is 0 Å². The summed E-state index contributed by atoms with van der Waals surface area (Å²) in [5.41, 5.74) is 10.8. The predicted molar refractivity (Wildman–Crippen MR) is 336 cm³/mol. The Morgan fingerprint density at radius 1 is 0.338 bits per heavy atom. The van der Waals surface area contributed by atoms with Crippen LogP contribution in [0.4, 0.5) is 34.1 Å². The third-order valence-electron chi connectivity index (χ3n) is 14.4. The van der Waals surface area contributed by atoms with Crippen molar-refractivity contribution < 1.29 is 0 Å². The van der Waals surface area contributed by atoms with Crippen LogP contribution in [0, 0.1) is 0 Å². The van der Waals surface area contributed by atoms with Crippen LogP contribution in [-0.2, 0) is 10.8 Å². The topological polar surface area (TPSA) is 6.48 Å². The molecule has 0 aliphatic rings. The number of rotatable bonds is 12. The van der Waals surface area contributed by atoms with Crippen LogP contribution in [0.1, 0.15) is 52.7 Å². The van der Waals surface area contributed by atoms with Gasteiger partial charge in [0.1, 0.15) is 39.2 Å². The highest BCUT2D eigenvalue weighted by Gasteiger charge is 2.35. The quantitative estimate of drug-likeness (QED) is 0.113. The van der Waals surface area contributed by atoms with Crippen LogP contribution in [0.15, 0.2) is 250 Å². The van der Waals surface area contributed by atoms with E-state index in [9.17, 15) is 0 Å². The van der Waals surface area contributed by atoms with Gasteiger partial charge in [0, 0.05) is 42.2 Å². The maximum atomic E-state index is 8.32. The van der Waals surface area contributed by atoms with Crippen LogP contribution >= 0.6 is 21.6 Å². The first kappa shape index (κ1) is 53.2. The summed E-state index contributed by atoms with van der Waals surface area (Å²) in [6.45, 7) is 13.3. The van der Waals surface area contributed by atoms with Gasteiger partial charge in [-0.1, -0.05) is 191 Å². The number of para-hydroxylation sites is 1. The third-order valence-corrected chi connectivity index (χ3v) is 18.7. The Morgan fingerprint density at radius 2 is 0.727 bits per heavy atom. The molecule has 0 unspecified atom stereocenters. The Hall–Kier alpha value is -7.24. The molecule has 10 rings (SSSR count). The highest BCUT2D eigenvalue weighted by Crippen LogP contribution is 2.74. The summed E-state index contributed by atoms with van der Waals surface area (Å²) in [6.07, 6.45) is 0. The number of hydrogen-bond acceptors (Lipinski definition) is 2. The van der Waals surface area contributed by atoms with Crippen molar-refractivity contribution in [3.63, 3.8) is 0 Å². The molecule has 0 heterocycles. The lowest BCUT2D eigenvalue weighted by Crippen LogP contribution is -2.55. The van der Waals surface area contributed by atoms with Crippen LogP contribution < -0.4 is 37.1 Å². The standard InChI is InChI=1S/C68H56B5ClN2S/c1-67(2,3)47-26-22-30-50(42-47)75(51-31-23-27-48(43-51)68(4,5)6)58-40-46(60-61(69)63(71)65(73)64(72)62(60)70)41-59(66(58)74)76(49-28-14-8-15-29-49)57-39-38-55(44-56(57)45-24-12-7-13-25-45)77(52-32-16-9-17-33-52,53-34-18-10-19-35-53)54-36-20-11-21-37-54/h7-44H,1-6H3. The van der Waals surface area contributed by atoms with Crippen molar-refractivity contribution in [2.24, 2.45) is 0 Å². The molecule has 0 aromatic heterocycles. The molecule has 0 saturated carbocycles. The summed E-state index contributed by atoms with van der Waals surface area (Å²) in [7, 11) is 32.0. The predicted octanol–water partition coefficient (Wildman–Crippen LogP) is 14.5. The molecular weight excluding hydrogens is 966 g/mol. The van der Waals surface area contributed by atoms with Gasteiger partial charge in [-0.05, 0) is 142 Å². The van der Waals surface area contributed by atoms with E-state index < -0.39 is 10.0 Å². The molecule has 10 aromatic carbocycles. The first-order chi connectivity index (χ1) is 37.0. The van der Waals surface area contributed by atoms with Gasteiger partial charge in [-0.25, -0.2) is 0 Å². The molecular formula is C68H56B5ClN2S. The Kier molecular flexibility index (Phi) is 15.0. The molecule has 0 N–H and O–H groups in total. The Labute approximate surface area is 470 Å². The Balaban J connectivity index is 1.35. The summed E-state index contributed by atoms with van der Waals surface area (Å²) in [6, 6.07) is 82.0. The van der Waals surface area contributed by atoms with Crippen LogP contribution in [-0.4, -0.2) is 39.2 Å². The van der Waals surface area contributed by atoms with Gasteiger partial charge in [-0.3, -0.25) is 0 Å². The first-order valence-corrected chi connectivity index (χ1v) is 27.9. The van der Waals surface area contributed by atoms with Crippen LogP contribution in [0.25, 0.3) is 22.3 Å². The van der Waals surface area contributed by atoms with Crippen LogP contribution in [0.3, 0.4) is 0 Å². The molecule has 366 valence electrons. The van der Waals surface area contributed by atoms with Gasteiger partial charge >= 0.3 is 0 Å². The first-order valence-electron chi connectivity index (χ1n) is 25.9. The fourth-order valence-electron chi connectivity index (χ4n) is 10.3. The van der Waals surface area contributed by atoms with Crippen LogP contribution in [0.5, 0.6) is 0 Å². The molecule has 0 bridgehead atoms. The van der Waals surface area contributed by atoms with E-state index in [0.717, 1.165) is 49.9 Å². The lowest BCUT2D eigenvalue weighted by molar-refractivity contribution is 0.590. The number of hydrogen-bond donors (Lipinski definition) is 0. The van der Waals surface area contributed by atoms with Crippen LogP contribution in [0.2, 0.25) is 5.02 Å². The minimum atomic E-state index is -2.11. The van der Waals surface area contributed by atoms with E-state index in [-0.39, 0.29) is 38.1 Å². The highest BCUT2D eigenvalue weighted by molar-refractivity contribution is 8.34. The van der Waals surface area contributed by atoms with Crippen molar-refractivity contribution in [2.45, 2.75) is 72.0 Å². The molecule has 2 nitrogen and oxygen atoms in total. The van der Waals surface area contributed by atoms with Crippen molar-refractivity contribution in [1.29, 1.82) is 0 Å². The zero-order valence-corrected chi connectivity index (χ0v) is 46.1. The van der Waals surface area contributed by atoms with Gasteiger partial charge < -0.3 is 9.80 Å². The lowest BCUT2D eigenvalue weighted by Gasteiger charge is -2.42. The van der Waals surface area contributed by atoms with Crippen molar-refractivity contribution in [3.05, 3.63) is 247 Å². The van der Waals surface area contributed by atoms with E-state index in [1.165, 1.54) is 14.7 Å². The average Bonchev–Trinajstić information content (AvgIpc) is 3.54. The number of benzene rings is 10. The summed E-state index contributed by atoms with van der Waals surface area (Å²) < 4.78 is 0. The van der Waals surface area contributed by atoms with Gasteiger partial charge in [0.15, 0.2) is 0 Å². The molecule has 0 aliphatic carbocycles. The zero-order valence-electron chi connectivity index (χ0n) is 44.5. The zero-order chi connectivity index (χ0) is 54.2. The fraction of sp³-hybridized carbons (Fsp3) is 0.118. The normalized spacial score (nSPS) is 12.0. The second kappa shape index (κ2) is 21.7. The van der Waals surface area contributed by atoms with Crippen molar-refractivity contribution in [3.8, 4) is 22.3 Å². The maximum absolute atomic E-state index is 8.32. The molecule has 10 radical (unpaired) electrons. The van der Waals surface area contributed by atoms with Gasteiger partial charge in [-0.2, -0.15) is 0 Å². The second-order valence-electron chi connectivity index (χ2n) is 21.5. The minimum Gasteiger partial charge on any atom is -0.309 e. The molecule has 0 spiro atoms. The fourth-order valence-corrected chi connectivity index (χ4v) is 14.5. The summed E-state index contributed by atoms with van der Waals surface area (Å²) in [5, 5.41) is 0.467. The van der Waals surface area contributed by atoms with E-state index in [1.807, 2.05) is 30.3 Å². The SMILES string of the molecule is [B]c1c([B])c([B])c(-c2cc(N(c3cccc(C(C)(C)C)c3)c3cccc(C(C)(C)C)c3)c(Cl)c(N(c3ccccc3)c3ccc(S(c4ccccc4)(c4ccccc4)c4ccccc4)cc3-c3ccccc3)c2)c([B])c1[B]. The number of anilines is 6. The summed E-state index contributed by atoms with van der Waals surface area (Å²) in [5.74, 6) is 0. The lowest BCUT2D eigenvalue weighted by atomic mass is 9.59. The summed E-state index contributed by atoms with van der Waals surface area (Å²) in [4.78, 5) is 9.29. The summed E-state index contributed by atoms with van der Waals surface area (Å²) >= 11 is 8.32. The molecule has 0 saturated heterocycles. The highest BCUT2D eigenvalue weighted by atomic mass is 35.5. The second-order valence-corrected chi connectivity index (χ2v) is 25.0. The van der Waals surface area contributed by atoms with E-state index in [0.29, 0.717) is 27.5 Å². The van der Waals surface area contributed by atoms with E-state index >= 15 is 0 Å². The molecule has 9 heteroatoms. The largest absolute Gasteiger partial charge is 0.309 e. The van der Waals surface area contributed by atoms with Gasteiger partial charge in [0.05, 0.1) is 22.1 Å². The third kappa shape index (κ3) is 10.2. The number of halogens is 1. The van der Waals surface area contributed by atoms with Crippen molar-refractivity contribution in [1.82, 2.24) is 0 Å². The minimum absolute atomic E-state index is 0.135. The van der Waals surface area contributed by atoms with Gasteiger partial charge in [0.2, 0.25) is 0 Å². The molecule has 0 fully saturated rings. The monoisotopic (exact) mass is 1020 g/mol. The van der Waals surface area contributed by atoms with Crippen molar-refractivity contribution >= 4 is 122 Å².